The van der Waals surface area contributed by atoms with Gasteiger partial charge in [0.15, 0.2) is 0 Å². The number of rotatable bonds is 2. The molecular formula is C18H23FN2O3. The number of amides is 1. The second-order valence-corrected chi connectivity index (χ2v) is 7.35. The van der Waals surface area contributed by atoms with E-state index in [9.17, 15) is 14.3 Å². The van der Waals surface area contributed by atoms with Gasteiger partial charge < -0.3 is 14.7 Å². The Bertz CT molecular complexity index is 624. The minimum Gasteiger partial charge on any atom is -0.356 e. The van der Waals surface area contributed by atoms with E-state index < -0.39 is 6.41 Å². The molecule has 1 spiro atoms. The predicted octanol–water partition coefficient (Wildman–Crippen LogP) is 1.58. The first-order valence-corrected chi connectivity index (χ1v) is 8.66. The lowest BCUT2D eigenvalue weighted by Crippen LogP contribution is -2.59. The molecule has 3 fully saturated rings. The number of carbonyl (C=O) groups excluding carboxylic acids is 1. The highest BCUT2D eigenvalue weighted by Crippen LogP contribution is 2.42. The summed E-state index contributed by atoms with van der Waals surface area (Å²) in [5, 5.41) is 12.4. The Kier molecular flexibility index (Phi) is 4.06. The quantitative estimate of drug-likeness (QED) is 0.862. The number of nitrogens with zero attached hydrogens (tertiary/aromatic N) is 1. The van der Waals surface area contributed by atoms with E-state index in [1.54, 1.807) is 12.1 Å². The van der Waals surface area contributed by atoms with Crippen LogP contribution < -0.4 is 5.32 Å². The van der Waals surface area contributed by atoms with Crippen LogP contribution in [0.25, 0.3) is 0 Å². The Labute approximate surface area is 140 Å². The maximum Gasteiger partial charge on any atom is 0.225 e. The zero-order chi connectivity index (χ0) is 16.7. The second-order valence-electron chi connectivity index (χ2n) is 7.35. The third-order valence-electron chi connectivity index (χ3n) is 5.70. The standard InChI is InChI=1S/C18H23FN2O3/c19-15-3-1-2-13(8-15)12-4-6-21(7-5-12)16(22)14-9-18(10-14)11-24-17(23)20-18/h1-3,8,12,14,17,20,23H,4-7,9-11H2. The average molecular weight is 334 g/mol. The molecule has 2 saturated heterocycles. The fraction of sp³-hybridized carbons (Fsp3) is 0.611. The molecule has 1 aliphatic carbocycles. The van der Waals surface area contributed by atoms with E-state index in [-0.39, 0.29) is 23.2 Å². The Hall–Kier alpha value is -1.50. The van der Waals surface area contributed by atoms with Crippen LogP contribution in [0.1, 0.15) is 37.2 Å². The van der Waals surface area contributed by atoms with Crippen molar-refractivity contribution in [2.24, 2.45) is 5.92 Å². The van der Waals surface area contributed by atoms with Gasteiger partial charge in [-0.15, -0.1) is 0 Å². The first-order valence-electron chi connectivity index (χ1n) is 8.66. The first-order chi connectivity index (χ1) is 11.5. The molecule has 1 aromatic carbocycles. The molecule has 0 aromatic heterocycles. The highest BCUT2D eigenvalue weighted by atomic mass is 19.1. The van der Waals surface area contributed by atoms with Gasteiger partial charge in [0.1, 0.15) is 5.82 Å². The highest BCUT2D eigenvalue weighted by molar-refractivity contribution is 5.80. The number of nitrogens with one attached hydrogen (secondary N) is 1. The highest BCUT2D eigenvalue weighted by Gasteiger charge is 2.52. The smallest absolute Gasteiger partial charge is 0.225 e. The summed E-state index contributed by atoms with van der Waals surface area (Å²) in [5.74, 6) is 0.371. The molecule has 2 N–H and O–H groups in total. The third-order valence-corrected chi connectivity index (χ3v) is 5.70. The summed E-state index contributed by atoms with van der Waals surface area (Å²) in [4.78, 5) is 14.6. The van der Waals surface area contributed by atoms with Crippen molar-refractivity contribution >= 4 is 5.91 Å². The summed E-state index contributed by atoms with van der Waals surface area (Å²) in [5.41, 5.74) is 0.825. The minimum absolute atomic E-state index is 0.0251. The van der Waals surface area contributed by atoms with Crippen molar-refractivity contribution in [3.63, 3.8) is 0 Å². The molecule has 1 aromatic rings. The number of aliphatic hydroxyl groups is 1. The fourth-order valence-electron chi connectivity index (χ4n) is 4.33. The lowest BCUT2D eigenvalue weighted by atomic mass is 9.68. The molecule has 1 atom stereocenters. The van der Waals surface area contributed by atoms with Crippen LogP contribution in [0.15, 0.2) is 24.3 Å². The van der Waals surface area contributed by atoms with Gasteiger partial charge in [-0.25, -0.2) is 4.39 Å². The summed E-state index contributed by atoms with van der Waals surface area (Å²) in [6.07, 6.45) is 2.32. The van der Waals surface area contributed by atoms with Crippen molar-refractivity contribution in [3.8, 4) is 0 Å². The van der Waals surface area contributed by atoms with Gasteiger partial charge in [-0.1, -0.05) is 12.1 Å². The second kappa shape index (κ2) is 6.10. The van der Waals surface area contributed by atoms with E-state index in [1.165, 1.54) is 6.07 Å². The number of ether oxygens (including phenoxy) is 1. The summed E-state index contributed by atoms with van der Waals surface area (Å²) in [6, 6.07) is 6.79. The topological polar surface area (TPSA) is 61.8 Å². The van der Waals surface area contributed by atoms with Gasteiger partial charge in [-0.3, -0.25) is 10.1 Å². The van der Waals surface area contributed by atoms with Gasteiger partial charge in [0.2, 0.25) is 12.3 Å². The van der Waals surface area contributed by atoms with Gasteiger partial charge in [0.05, 0.1) is 6.61 Å². The molecule has 2 heterocycles. The van der Waals surface area contributed by atoms with Crippen LogP contribution >= 0.6 is 0 Å². The lowest BCUT2D eigenvalue weighted by molar-refractivity contribution is -0.142. The molecule has 1 amide bonds. The zero-order valence-electron chi connectivity index (χ0n) is 13.6. The van der Waals surface area contributed by atoms with Crippen LogP contribution in [-0.4, -0.2) is 47.6 Å². The first kappa shape index (κ1) is 16.0. The minimum atomic E-state index is -0.900. The number of aliphatic hydroxyl groups excluding tert-OH is 1. The van der Waals surface area contributed by atoms with Crippen molar-refractivity contribution in [2.75, 3.05) is 19.7 Å². The van der Waals surface area contributed by atoms with Crippen molar-refractivity contribution in [1.82, 2.24) is 10.2 Å². The molecule has 4 rings (SSSR count). The summed E-state index contributed by atoms with van der Waals surface area (Å²) in [6.45, 7) is 1.94. The maximum absolute atomic E-state index is 13.4. The van der Waals surface area contributed by atoms with Crippen molar-refractivity contribution in [2.45, 2.75) is 43.6 Å². The van der Waals surface area contributed by atoms with Crippen LogP contribution in [0, 0.1) is 11.7 Å². The summed E-state index contributed by atoms with van der Waals surface area (Å²) < 4.78 is 18.5. The monoisotopic (exact) mass is 334 g/mol. The van der Waals surface area contributed by atoms with E-state index in [4.69, 9.17) is 4.74 Å². The lowest BCUT2D eigenvalue weighted by Gasteiger charge is -2.45. The number of carbonyl (C=O) groups is 1. The maximum atomic E-state index is 13.4. The number of likely N-dealkylation sites (tertiary alicyclic amines) is 1. The molecule has 1 unspecified atom stereocenters. The van der Waals surface area contributed by atoms with Gasteiger partial charge in [0.25, 0.3) is 0 Å². The van der Waals surface area contributed by atoms with E-state index >= 15 is 0 Å². The largest absolute Gasteiger partial charge is 0.356 e. The van der Waals surface area contributed by atoms with E-state index in [0.717, 1.165) is 44.3 Å². The molecule has 1 saturated carbocycles. The predicted molar refractivity (Wildman–Crippen MR) is 85.5 cm³/mol. The Morgan fingerprint density at radius 2 is 2.08 bits per heavy atom. The van der Waals surface area contributed by atoms with E-state index in [1.807, 2.05) is 11.0 Å². The van der Waals surface area contributed by atoms with Crippen molar-refractivity contribution < 1.29 is 19.0 Å². The normalized spacial score (nSPS) is 33.7. The van der Waals surface area contributed by atoms with Crippen molar-refractivity contribution in [1.29, 1.82) is 0 Å². The average Bonchev–Trinajstić information content (AvgIpc) is 2.95. The number of halogens is 1. The van der Waals surface area contributed by atoms with Crippen LogP contribution in [0.3, 0.4) is 0 Å². The van der Waals surface area contributed by atoms with Crippen molar-refractivity contribution in [3.05, 3.63) is 35.6 Å². The molecule has 0 bridgehead atoms. The van der Waals surface area contributed by atoms with Crippen LogP contribution in [0.2, 0.25) is 0 Å². The summed E-state index contributed by atoms with van der Waals surface area (Å²) >= 11 is 0. The molecule has 5 nitrogen and oxygen atoms in total. The van der Waals surface area contributed by atoms with E-state index in [2.05, 4.69) is 5.32 Å². The van der Waals surface area contributed by atoms with Gasteiger partial charge in [-0.2, -0.15) is 0 Å². The molecule has 0 radical (unpaired) electrons. The van der Waals surface area contributed by atoms with Crippen LogP contribution in [-0.2, 0) is 9.53 Å². The number of hydrogen-bond donors (Lipinski definition) is 2. The fourth-order valence-corrected chi connectivity index (χ4v) is 4.33. The molecule has 3 aliphatic rings. The number of piperidine rings is 1. The Morgan fingerprint density at radius 3 is 2.71 bits per heavy atom. The van der Waals surface area contributed by atoms with Gasteiger partial charge >= 0.3 is 0 Å². The molecular weight excluding hydrogens is 311 g/mol. The molecule has 6 heteroatoms. The zero-order valence-corrected chi connectivity index (χ0v) is 13.6. The molecule has 130 valence electrons. The number of benzene rings is 1. The summed E-state index contributed by atoms with van der Waals surface area (Å²) in [7, 11) is 0. The SMILES string of the molecule is O=C(C1CC2(COC(O)N2)C1)N1CCC(c2cccc(F)c2)CC1. The van der Waals surface area contributed by atoms with Crippen LogP contribution in [0.4, 0.5) is 4.39 Å². The molecule has 24 heavy (non-hydrogen) atoms. The molecule has 2 aliphatic heterocycles. The Morgan fingerprint density at radius 1 is 1.33 bits per heavy atom. The van der Waals surface area contributed by atoms with Gasteiger partial charge in [-0.05, 0) is 49.3 Å². The van der Waals surface area contributed by atoms with E-state index in [0.29, 0.717) is 12.5 Å². The third kappa shape index (κ3) is 2.94. The Balaban J connectivity index is 1.29. The van der Waals surface area contributed by atoms with Gasteiger partial charge in [0, 0.05) is 24.5 Å². The van der Waals surface area contributed by atoms with Crippen LogP contribution in [0.5, 0.6) is 0 Å². The number of hydrogen-bond acceptors (Lipinski definition) is 4.